The van der Waals surface area contributed by atoms with Crippen molar-refractivity contribution >= 4 is 5.95 Å². The molecule has 0 aromatic carbocycles. The quantitative estimate of drug-likeness (QED) is 0.866. The fraction of sp³-hybridized carbons (Fsp3) is 0.769. The largest absolute Gasteiger partial charge is 0.355 e. The van der Waals surface area contributed by atoms with Crippen LogP contribution in [0.25, 0.3) is 0 Å². The van der Waals surface area contributed by atoms with Crippen molar-refractivity contribution in [1.82, 2.24) is 14.5 Å². The van der Waals surface area contributed by atoms with E-state index in [-0.39, 0.29) is 0 Å². The van der Waals surface area contributed by atoms with Gasteiger partial charge in [0.05, 0.1) is 5.69 Å². The number of piperidine rings is 1. The van der Waals surface area contributed by atoms with Crippen LogP contribution in [0, 0.1) is 12.8 Å². The Bertz CT molecular complexity index is 350. The van der Waals surface area contributed by atoms with Gasteiger partial charge in [0, 0.05) is 19.8 Å². The fourth-order valence-electron chi connectivity index (χ4n) is 2.52. The molecular weight excluding hydrogens is 212 g/mol. The molecule has 0 unspecified atom stereocenters. The first kappa shape index (κ1) is 12.4. The lowest BCUT2D eigenvalue weighted by Crippen LogP contribution is -2.35. The number of aryl methyl sites for hydroxylation is 2. The number of imidazole rings is 1. The Morgan fingerprint density at radius 2 is 2.12 bits per heavy atom. The molecule has 2 heterocycles. The highest BCUT2D eigenvalue weighted by molar-refractivity contribution is 5.28. The summed E-state index contributed by atoms with van der Waals surface area (Å²) in [4.78, 5) is 7.00. The van der Waals surface area contributed by atoms with Crippen LogP contribution in [0.3, 0.4) is 0 Å². The molecule has 1 N–H and O–H groups in total. The van der Waals surface area contributed by atoms with Gasteiger partial charge in [-0.2, -0.15) is 0 Å². The second-order valence-electron chi connectivity index (χ2n) is 5.08. The van der Waals surface area contributed by atoms with Gasteiger partial charge in [0.2, 0.25) is 5.95 Å². The van der Waals surface area contributed by atoms with E-state index in [0.29, 0.717) is 0 Å². The zero-order chi connectivity index (χ0) is 12.3. The average Bonchev–Trinajstić information content (AvgIpc) is 2.66. The number of nitrogens with one attached hydrogen (secondary N) is 1. The van der Waals surface area contributed by atoms with Gasteiger partial charge < -0.3 is 14.8 Å². The Kier molecular flexibility index (Phi) is 4.05. The third kappa shape index (κ3) is 3.22. The minimum absolute atomic E-state index is 0.801. The Morgan fingerprint density at radius 3 is 2.65 bits per heavy atom. The van der Waals surface area contributed by atoms with Gasteiger partial charge in [0.1, 0.15) is 0 Å². The first-order valence-corrected chi connectivity index (χ1v) is 6.65. The summed E-state index contributed by atoms with van der Waals surface area (Å²) in [5, 5.41) is 3.47. The Morgan fingerprint density at radius 1 is 1.41 bits per heavy atom. The van der Waals surface area contributed by atoms with Gasteiger partial charge in [-0.1, -0.05) is 6.92 Å². The van der Waals surface area contributed by atoms with Crippen molar-refractivity contribution in [2.24, 2.45) is 13.0 Å². The SMILES string of the molecule is CCN1CCC(CNc2nc(C)cn2C)CC1. The number of rotatable bonds is 4. The van der Waals surface area contributed by atoms with Crippen LogP contribution in [0.4, 0.5) is 5.95 Å². The molecule has 0 atom stereocenters. The summed E-state index contributed by atoms with van der Waals surface area (Å²) >= 11 is 0. The molecule has 0 bridgehead atoms. The molecule has 0 amide bonds. The Hall–Kier alpha value is -1.03. The second kappa shape index (κ2) is 5.54. The van der Waals surface area contributed by atoms with E-state index in [4.69, 9.17) is 0 Å². The molecule has 17 heavy (non-hydrogen) atoms. The summed E-state index contributed by atoms with van der Waals surface area (Å²) in [6, 6.07) is 0. The van der Waals surface area contributed by atoms with Gasteiger partial charge in [-0.3, -0.25) is 0 Å². The van der Waals surface area contributed by atoms with Crippen LogP contribution in [0.5, 0.6) is 0 Å². The first-order valence-electron chi connectivity index (χ1n) is 6.65. The summed E-state index contributed by atoms with van der Waals surface area (Å²) in [7, 11) is 2.04. The van der Waals surface area contributed by atoms with E-state index in [1.807, 2.05) is 14.0 Å². The fourth-order valence-corrected chi connectivity index (χ4v) is 2.52. The Labute approximate surface area is 104 Å². The van der Waals surface area contributed by atoms with Crippen molar-refractivity contribution in [2.75, 3.05) is 31.5 Å². The lowest BCUT2D eigenvalue weighted by Gasteiger charge is -2.31. The molecular formula is C13H24N4. The van der Waals surface area contributed by atoms with E-state index in [9.17, 15) is 0 Å². The zero-order valence-electron chi connectivity index (χ0n) is 11.2. The van der Waals surface area contributed by atoms with Gasteiger partial charge in [0.25, 0.3) is 0 Å². The molecule has 0 aliphatic carbocycles. The van der Waals surface area contributed by atoms with Gasteiger partial charge >= 0.3 is 0 Å². The number of aromatic nitrogens is 2. The molecule has 1 aliphatic heterocycles. The highest BCUT2D eigenvalue weighted by Gasteiger charge is 2.18. The maximum Gasteiger partial charge on any atom is 0.202 e. The van der Waals surface area contributed by atoms with Crippen molar-refractivity contribution in [3.8, 4) is 0 Å². The predicted molar refractivity (Wildman–Crippen MR) is 71.3 cm³/mol. The maximum atomic E-state index is 4.47. The molecule has 2 rings (SSSR count). The lowest BCUT2D eigenvalue weighted by atomic mass is 9.97. The predicted octanol–water partition coefficient (Wildman–Crippen LogP) is 1.87. The normalized spacial score (nSPS) is 18.5. The number of nitrogens with zero attached hydrogens (tertiary/aromatic N) is 3. The summed E-state index contributed by atoms with van der Waals surface area (Å²) in [5.41, 5.74) is 1.08. The molecule has 1 fully saturated rings. The van der Waals surface area contributed by atoms with E-state index in [1.54, 1.807) is 0 Å². The minimum atomic E-state index is 0.801. The van der Waals surface area contributed by atoms with Crippen LogP contribution in [0.1, 0.15) is 25.5 Å². The summed E-state index contributed by atoms with van der Waals surface area (Å²) < 4.78 is 2.07. The van der Waals surface area contributed by atoms with Gasteiger partial charge in [-0.25, -0.2) is 4.98 Å². The van der Waals surface area contributed by atoms with Crippen LogP contribution in [-0.2, 0) is 7.05 Å². The smallest absolute Gasteiger partial charge is 0.202 e. The van der Waals surface area contributed by atoms with Crippen LogP contribution >= 0.6 is 0 Å². The topological polar surface area (TPSA) is 33.1 Å². The van der Waals surface area contributed by atoms with Gasteiger partial charge in [-0.05, 0) is 45.3 Å². The molecule has 96 valence electrons. The summed E-state index contributed by atoms with van der Waals surface area (Å²) in [6.45, 7) is 9.03. The number of hydrogen-bond donors (Lipinski definition) is 1. The van der Waals surface area contributed by atoms with Gasteiger partial charge in [-0.15, -0.1) is 0 Å². The number of anilines is 1. The lowest BCUT2D eigenvalue weighted by molar-refractivity contribution is 0.198. The summed E-state index contributed by atoms with van der Waals surface area (Å²) in [5.74, 6) is 1.80. The monoisotopic (exact) mass is 236 g/mol. The van der Waals surface area contributed by atoms with Crippen molar-refractivity contribution in [3.63, 3.8) is 0 Å². The van der Waals surface area contributed by atoms with Crippen molar-refractivity contribution in [3.05, 3.63) is 11.9 Å². The minimum Gasteiger partial charge on any atom is -0.355 e. The molecule has 4 nitrogen and oxygen atoms in total. The second-order valence-corrected chi connectivity index (χ2v) is 5.08. The molecule has 1 saturated heterocycles. The van der Waals surface area contributed by atoms with Crippen molar-refractivity contribution < 1.29 is 0 Å². The number of hydrogen-bond acceptors (Lipinski definition) is 3. The molecule has 1 aliphatic rings. The van der Waals surface area contributed by atoms with Crippen molar-refractivity contribution in [1.29, 1.82) is 0 Å². The zero-order valence-corrected chi connectivity index (χ0v) is 11.2. The standard InChI is InChI=1S/C13H24N4/c1-4-17-7-5-12(6-8-17)9-14-13-15-11(2)10-16(13)3/h10,12H,4-9H2,1-3H3,(H,14,15). The first-order chi connectivity index (χ1) is 8.19. The molecule has 4 heteroatoms. The highest BCUT2D eigenvalue weighted by atomic mass is 15.2. The third-order valence-electron chi connectivity index (χ3n) is 3.70. The average molecular weight is 236 g/mol. The van der Waals surface area contributed by atoms with Crippen LogP contribution in [0.15, 0.2) is 6.20 Å². The molecule has 0 saturated carbocycles. The van der Waals surface area contributed by atoms with E-state index < -0.39 is 0 Å². The highest BCUT2D eigenvalue weighted by Crippen LogP contribution is 2.17. The van der Waals surface area contributed by atoms with Crippen LogP contribution in [0.2, 0.25) is 0 Å². The molecule has 1 aromatic rings. The Balaban J connectivity index is 1.77. The molecule has 0 radical (unpaired) electrons. The maximum absolute atomic E-state index is 4.47. The molecule has 1 aromatic heterocycles. The van der Waals surface area contributed by atoms with E-state index in [2.05, 4.69) is 32.9 Å². The molecule has 0 spiro atoms. The summed E-state index contributed by atoms with van der Waals surface area (Å²) in [6.07, 6.45) is 4.68. The van der Waals surface area contributed by atoms with Crippen LogP contribution < -0.4 is 5.32 Å². The van der Waals surface area contributed by atoms with Crippen LogP contribution in [-0.4, -0.2) is 40.6 Å². The van der Waals surface area contributed by atoms with Crippen molar-refractivity contribution in [2.45, 2.75) is 26.7 Å². The van der Waals surface area contributed by atoms with E-state index >= 15 is 0 Å². The van der Waals surface area contributed by atoms with Gasteiger partial charge in [0.15, 0.2) is 0 Å². The third-order valence-corrected chi connectivity index (χ3v) is 3.70. The van der Waals surface area contributed by atoms with E-state index in [1.165, 1.54) is 32.5 Å². The number of likely N-dealkylation sites (tertiary alicyclic amines) is 1. The van der Waals surface area contributed by atoms with E-state index in [0.717, 1.165) is 24.1 Å².